The first-order chi connectivity index (χ1) is 11.7. The maximum absolute atomic E-state index is 5.61. The molecular weight excluding hydrogens is 302 g/mol. The van der Waals surface area contributed by atoms with E-state index in [9.17, 15) is 0 Å². The molecule has 1 aliphatic rings. The number of unbranched alkanes of at least 4 members (excludes halogenated alkanes) is 1. The van der Waals surface area contributed by atoms with Gasteiger partial charge in [0.1, 0.15) is 0 Å². The molecule has 6 nitrogen and oxygen atoms in total. The van der Waals surface area contributed by atoms with Crippen LogP contribution in [0.1, 0.15) is 51.0 Å². The number of guanidine groups is 1. The van der Waals surface area contributed by atoms with Crippen LogP contribution >= 0.6 is 0 Å². The zero-order valence-corrected chi connectivity index (χ0v) is 15.5. The number of likely N-dealkylation sites (tertiary alicyclic amines) is 1. The standard InChI is InChI=1S/C18H33N5O/c1-4-6-11-24-12-7-9-20-18(19-5-2)23-10-8-16(15-23)17-13-21-22(3)14-17/h13-14,16H,4-12,15H2,1-3H3,(H,19,20). The van der Waals surface area contributed by atoms with Gasteiger partial charge in [0.2, 0.25) is 0 Å². The number of nitrogens with one attached hydrogen (secondary N) is 1. The van der Waals surface area contributed by atoms with Crippen molar-refractivity contribution in [2.75, 3.05) is 39.4 Å². The Labute approximate surface area is 146 Å². The van der Waals surface area contributed by atoms with Gasteiger partial charge in [-0.15, -0.1) is 0 Å². The smallest absolute Gasteiger partial charge is 0.193 e. The van der Waals surface area contributed by atoms with E-state index >= 15 is 0 Å². The Morgan fingerprint density at radius 2 is 2.21 bits per heavy atom. The summed E-state index contributed by atoms with van der Waals surface area (Å²) in [6.45, 7) is 9.79. The van der Waals surface area contributed by atoms with Crippen molar-refractivity contribution in [3.8, 4) is 0 Å². The number of aryl methyl sites for hydroxylation is 1. The lowest BCUT2D eigenvalue weighted by Crippen LogP contribution is -2.40. The molecule has 0 amide bonds. The number of hydrogen-bond donors (Lipinski definition) is 1. The van der Waals surface area contributed by atoms with Gasteiger partial charge in [-0.1, -0.05) is 13.3 Å². The summed E-state index contributed by atoms with van der Waals surface area (Å²) in [5, 5.41) is 7.72. The van der Waals surface area contributed by atoms with Crippen molar-refractivity contribution in [1.82, 2.24) is 20.0 Å². The Balaban J connectivity index is 1.78. The quantitative estimate of drug-likeness (QED) is 0.428. The molecule has 24 heavy (non-hydrogen) atoms. The molecule has 1 fully saturated rings. The van der Waals surface area contributed by atoms with Gasteiger partial charge in [-0.25, -0.2) is 0 Å². The molecule has 1 aromatic heterocycles. The Kier molecular flexibility index (Phi) is 8.08. The molecule has 0 aromatic carbocycles. The second kappa shape index (κ2) is 10.3. The van der Waals surface area contributed by atoms with Crippen LogP contribution in [0.15, 0.2) is 17.4 Å². The Bertz CT molecular complexity index is 499. The number of ether oxygens (including phenoxy) is 1. The molecule has 6 heteroatoms. The summed E-state index contributed by atoms with van der Waals surface area (Å²) in [6, 6.07) is 0. The minimum Gasteiger partial charge on any atom is -0.381 e. The molecule has 1 aromatic rings. The van der Waals surface area contributed by atoms with Crippen molar-refractivity contribution in [3.63, 3.8) is 0 Å². The van der Waals surface area contributed by atoms with Gasteiger partial charge in [-0.3, -0.25) is 9.67 Å². The average Bonchev–Trinajstić information content (AvgIpc) is 3.22. The molecule has 2 rings (SSSR count). The molecule has 1 aliphatic heterocycles. The van der Waals surface area contributed by atoms with Crippen LogP contribution in [0.25, 0.3) is 0 Å². The highest BCUT2D eigenvalue weighted by Gasteiger charge is 2.26. The van der Waals surface area contributed by atoms with E-state index in [1.165, 1.54) is 12.0 Å². The third kappa shape index (κ3) is 5.82. The van der Waals surface area contributed by atoms with E-state index in [4.69, 9.17) is 9.73 Å². The van der Waals surface area contributed by atoms with Crippen molar-refractivity contribution in [2.24, 2.45) is 12.0 Å². The first-order valence-electron chi connectivity index (χ1n) is 9.34. The van der Waals surface area contributed by atoms with Gasteiger partial charge >= 0.3 is 0 Å². The lowest BCUT2D eigenvalue weighted by molar-refractivity contribution is 0.130. The molecule has 0 bridgehead atoms. The Morgan fingerprint density at radius 3 is 2.92 bits per heavy atom. The van der Waals surface area contributed by atoms with Crippen LogP contribution in [-0.4, -0.2) is 60.0 Å². The van der Waals surface area contributed by atoms with Crippen molar-refractivity contribution >= 4 is 5.96 Å². The summed E-state index contributed by atoms with van der Waals surface area (Å²) < 4.78 is 7.49. The van der Waals surface area contributed by atoms with Gasteiger partial charge < -0.3 is 15.0 Å². The number of aromatic nitrogens is 2. The van der Waals surface area contributed by atoms with Crippen molar-refractivity contribution in [2.45, 2.75) is 45.4 Å². The molecule has 1 saturated heterocycles. The number of aliphatic imine (C=N–C) groups is 1. The highest BCUT2D eigenvalue weighted by atomic mass is 16.5. The van der Waals surface area contributed by atoms with Gasteiger partial charge in [0.15, 0.2) is 5.96 Å². The van der Waals surface area contributed by atoms with Crippen molar-refractivity contribution < 1.29 is 4.74 Å². The van der Waals surface area contributed by atoms with E-state index < -0.39 is 0 Å². The van der Waals surface area contributed by atoms with E-state index in [0.717, 1.165) is 64.6 Å². The first kappa shape index (κ1) is 18.8. The van der Waals surface area contributed by atoms with Crippen LogP contribution in [0.5, 0.6) is 0 Å². The normalized spacial score (nSPS) is 18.4. The summed E-state index contributed by atoms with van der Waals surface area (Å²) in [4.78, 5) is 7.15. The Hall–Kier alpha value is -1.56. The topological polar surface area (TPSA) is 54.7 Å². The predicted octanol–water partition coefficient (Wildman–Crippen LogP) is 2.38. The van der Waals surface area contributed by atoms with Gasteiger partial charge in [0, 0.05) is 58.6 Å². The fraction of sp³-hybridized carbons (Fsp3) is 0.778. The van der Waals surface area contributed by atoms with Crippen LogP contribution in [0.2, 0.25) is 0 Å². The van der Waals surface area contributed by atoms with Crippen LogP contribution in [-0.2, 0) is 11.8 Å². The van der Waals surface area contributed by atoms with Gasteiger partial charge in [-0.05, 0) is 31.7 Å². The number of hydrogen-bond acceptors (Lipinski definition) is 3. The largest absolute Gasteiger partial charge is 0.381 e. The summed E-state index contributed by atoms with van der Waals surface area (Å²) in [6.07, 6.45) is 8.61. The third-order valence-corrected chi connectivity index (χ3v) is 4.37. The summed E-state index contributed by atoms with van der Waals surface area (Å²) in [5.74, 6) is 1.59. The van der Waals surface area contributed by atoms with Gasteiger partial charge in [-0.2, -0.15) is 5.10 Å². The molecule has 1 atom stereocenters. The number of rotatable bonds is 9. The lowest BCUT2D eigenvalue weighted by atomic mass is 10.0. The molecule has 0 aliphatic carbocycles. The zero-order valence-electron chi connectivity index (χ0n) is 15.5. The second-order valence-corrected chi connectivity index (χ2v) is 6.43. The van der Waals surface area contributed by atoms with E-state index in [2.05, 4.69) is 35.4 Å². The summed E-state index contributed by atoms with van der Waals surface area (Å²) in [5.41, 5.74) is 1.33. The highest BCUT2D eigenvalue weighted by molar-refractivity contribution is 5.80. The summed E-state index contributed by atoms with van der Waals surface area (Å²) >= 11 is 0. The van der Waals surface area contributed by atoms with Gasteiger partial charge in [0.05, 0.1) is 6.20 Å². The first-order valence-corrected chi connectivity index (χ1v) is 9.34. The molecule has 136 valence electrons. The molecule has 1 unspecified atom stereocenters. The highest BCUT2D eigenvalue weighted by Crippen LogP contribution is 2.26. The molecule has 0 saturated carbocycles. The minimum absolute atomic E-state index is 0.555. The van der Waals surface area contributed by atoms with Crippen LogP contribution in [0, 0.1) is 0 Å². The SMILES string of the molecule is CCCCOCCCN=C(NCC)N1CCC(c2cnn(C)c2)C1. The van der Waals surface area contributed by atoms with Crippen molar-refractivity contribution in [3.05, 3.63) is 18.0 Å². The summed E-state index contributed by atoms with van der Waals surface area (Å²) in [7, 11) is 1.98. The molecule has 0 spiro atoms. The zero-order chi connectivity index (χ0) is 17.2. The maximum atomic E-state index is 5.61. The van der Waals surface area contributed by atoms with E-state index in [0.29, 0.717) is 5.92 Å². The third-order valence-electron chi connectivity index (χ3n) is 4.37. The predicted molar refractivity (Wildman–Crippen MR) is 98.5 cm³/mol. The number of nitrogens with zero attached hydrogens (tertiary/aromatic N) is 4. The van der Waals surface area contributed by atoms with Crippen molar-refractivity contribution in [1.29, 1.82) is 0 Å². The fourth-order valence-corrected chi connectivity index (χ4v) is 3.00. The minimum atomic E-state index is 0.555. The van der Waals surface area contributed by atoms with Gasteiger partial charge in [0.25, 0.3) is 0 Å². The maximum Gasteiger partial charge on any atom is 0.193 e. The fourth-order valence-electron chi connectivity index (χ4n) is 3.00. The molecular formula is C18H33N5O. The second-order valence-electron chi connectivity index (χ2n) is 6.43. The Morgan fingerprint density at radius 1 is 1.38 bits per heavy atom. The van der Waals surface area contributed by atoms with E-state index in [-0.39, 0.29) is 0 Å². The van der Waals surface area contributed by atoms with Crippen LogP contribution < -0.4 is 5.32 Å². The monoisotopic (exact) mass is 335 g/mol. The average molecular weight is 335 g/mol. The lowest BCUT2D eigenvalue weighted by Gasteiger charge is -2.21. The van der Waals surface area contributed by atoms with Crippen LogP contribution in [0.3, 0.4) is 0 Å². The molecule has 0 radical (unpaired) electrons. The molecule has 2 heterocycles. The van der Waals surface area contributed by atoms with E-state index in [1.54, 1.807) is 0 Å². The molecule has 1 N–H and O–H groups in total. The van der Waals surface area contributed by atoms with Crippen LogP contribution in [0.4, 0.5) is 0 Å². The van der Waals surface area contributed by atoms with E-state index in [1.807, 2.05) is 17.9 Å².